The molecule has 0 saturated carbocycles. The highest BCUT2D eigenvalue weighted by molar-refractivity contribution is 5.06. The normalized spacial score (nSPS) is 15.4. The van der Waals surface area contributed by atoms with Crippen LogP contribution in [-0.4, -0.2) is 12.1 Å². The summed E-state index contributed by atoms with van der Waals surface area (Å²) < 4.78 is 69.0. The second-order valence-electron chi connectivity index (χ2n) is 1.71. The van der Waals surface area contributed by atoms with Gasteiger partial charge in [0.25, 0.3) is 0 Å². The third kappa shape index (κ3) is 1.87. The highest BCUT2D eigenvalue weighted by atomic mass is 19.4. The molecule has 0 bridgehead atoms. The van der Waals surface area contributed by atoms with Crippen molar-refractivity contribution in [2.24, 2.45) is 0 Å². The lowest BCUT2D eigenvalue weighted by atomic mass is 10.3. The summed E-state index contributed by atoms with van der Waals surface area (Å²) in [7, 11) is 0. The first-order valence-electron chi connectivity index (χ1n) is 2.50. The zero-order valence-corrected chi connectivity index (χ0v) is 5.35. The molecule has 0 radical (unpaired) electrons. The van der Waals surface area contributed by atoms with Gasteiger partial charge in [-0.25, -0.2) is 4.39 Å². The standard InChI is InChI=1S/C5H4F6/c1-2-3(6)4(7,8)5(9,10)11/h2H,1H3/b3-2-. The summed E-state index contributed by atoms with van der Waals surface area (Å²) in [4.78, 5) is 0. The molecule has 0 N–H and O–H groups in total. The quantitative estimate of drug-likeness (QED) is 0.541. The van der Waals surface area contributed by atoms with Crippen LogP contribution >= 0.6 is 0 Å². The van der Waals surface area contributed by atoms with E-state index in [0.717, 1.165) is 6.92 Å². The van der Waals surface area contributed by atoms with Gasteiger partial charge in [0.1, 0.15) is 0 Å². The van der Waals surface area contributed by atoms with Gasteiger partial charge in [0, 0.05) is 0 Å². The molecular weight excluding hydrogens is 174 g/mol. The van der Waals surface area contributed by atoms with Crippen LogP contribution in [0.2, 0.25) is 0 Å². The average molecular weight is 178 g/mol. The fourth-order valence-corrected chi connectivity index (χ4v) is 0.317. The number of rotatable bonds is 1. The van der Waals surface area contributed by atoms with Gasteiger partial charge in [-0.05, 0) is 13.0 Å². The minimum absolute atomic E-state index is 0.0769. The van der Waals surface area contributed by atoms with E-state index in [2.05, 4.69) is 0 Å². The van der Waals surface area contributed by atoms with E-state index in [0.29, 0.717) is 0 Å². The van der Waals surface area contributed by atoms with E-state index in [4.69, 9.17) is 0 Å². The molecule has 0 saturated heterocycles. The van der Waals surface area contributed by atoms with Crippen LogP contribution in [-0.2, 0) is 0 Å². The van der Waals surface area contributed by atoms with Crippen molar-refractivity contribution >= 4 is 0 Å². The number of halogens is 6. The first-order valence-corrected chi connectivity index (χ1v) is 2.50. The molecule has 0 heterocycles. The van der Waals surface area contributed by atoms with E-state index in [1.54, 1.807) is 0 Å². The lowest BCUT2D eigenvalue weighted by Gasteiger charge is -2.16. The molecule has 0 atom stereocenters. The van der Waals surface area contributed by atoms with Crippen molar-refractivity contribution in [3.63, 3.8) is 0 Å². The molecule has 6 heteroatoms. The van der Waals surface area contributed by atoms with Crippen LogP contribution < -0.4 is 0 Å². The van der Waals surface area contributed by atoms with Crippen molar-refractivity contribution < 1.29 is 26.3 Å². The van der Waals surface area contributed by atoms with E-state index in [-0.39, 0.29) is 6.08 Å². The first-order chi connectivity index (χ1) is 4.73. The van der Waals surface area contributed by atoms with E-state index >= 15 is 0 Å². The van der Waals surface area contributed by atoms with Crippen LogP contribution in [0.4, 0.5) is 26.3 Å². The number of allylic oxidation sites excluding steroid dienone is 2. The van der Waals surface area contributed by atoms with Gasteiger partial charge in [-0.3, -0.25) is 0 Å². The summed E-state index contributed by atoms with van der Waals surface area (Å²) in [6.07, 6.45) is -5.78. The second-order valence-corrected chi connectivity index (χ2v) is 1.71. The Morgan fingerprint density at radius 1 is 1.09 bits per heavy atom. The fourth-order valence-electron chi connectivity index (χ4n) is 0.317. The molecule has 0 spiro atoms. The minimum atomic E-state index is -5.86. The maximum absolute atomic E-state index is 11.8. The van der Waals surface area contributed by atoms with Crippen LogP contribution in [0.5, 0.6) is 0 Å². The lowest BCUT2D eigenvalue weighted by molar-refractivity contribution is -0.270. The highest BCUT2D eigenvalue weighted by Crippen LogP contribution is 2.41. The van der Waals surface area contributed by atoms with Crippen LogP contribution in [0.3, 0.4) is 0 Å². The van der Waals surface area contributed by atoms with Gasteiger partial charge < -0.3 is 0 Å². The molecule has 0 aromatic carbocycles. The first kappa shape index (κ1) is 10.3. The number of hydrogen-bond acceptors (Lipinski definition) is 0. The predicted molar refractivity (Wildman–Crippen MR) is 25.9 cm³/mol. The molecule has 0 amide bonds. The zero-order valence-electron chi connectivity index (χ0n) is 5.35. The van der Waals surface area contributed by atoms with Crippen molar-refractivity contribution in [1.82, 2.24) is 0 Å². The summed E-state index contributed by atoms with van der Waals surface area (Å²) in [5.41, 5.74) is 0. The summed E-state index contributed by atoms with van der Waals surface area (Å²) in [6, 6.07) is 0. The molecule has 66 valence electrons. The number of alkyl halides is 5. The molecule has 0 unspecified atom stereocenters. The molecule has 0 rings (SSSR count). The van der Waals surface area contributed by atoms with Gasteiger partial charge in [-0.1, -0.05) is 0 Å². The molecule has 0 fully saturated rings. The molecule has 0 aliphatic rings. The van der Waals surface area contributed by atoms with Crippen LogP contribution in [0.15, 0.2) is 11.9 Å². The molecule has 0 nitrogen and oxygen atoms in total. The van der Waals surface area contributed by atoms with E-state index < -0.39 is 17.9 Å². The Morgan fingerprint density at radius 2 is 1.45 bits per heavy atom. The van der Waals surface area contributed by atoms with Crippen molar-refractivity contribution in [3.8, 4) is 0 Å². The molecule has 11 heavy (non-hydrogen) atoms. The molecule has 0 aliphatic carbocycles. The fraction of sp³-hybridized carbons (Fsp3) is 0.600. The van der Waals surface area contributed by atoms with Gasteiger partial charge in [0.2, 0.25) is 0 Å². The third-order valence-corrected chi connectivity index (χ3v) is 0.909. The number of hydrogen-bond donors (Lipinski definition) is 0. The van der Waals surface area contributed by atoms with E-state index in [1.165, 1.54) is 0 Å². The monoisotopic (exact) mass is 178 g/mol. The Kier molecular flexibility index (Phi) is 2.58. The molecule has 0 aliphatic heterocycles. The maximum atomic E-state index is 11.8. The Hall–Kier alpha value is -0.680. The predicted octanol–water partition coefficient (Wildman–Crippen LogP) is 3.06. The molecular formula is C5H4F6. The van der Waals surface area contributed by atoms with Gasteiger partial charge in [0.15, 0.2) is 5.83 Å². The minimum Gasteiger partial charge on any atom is -0.205 e. The van der Waals surface area contributed by atoms with Crippen molar-refractivity contribution in [2.45, 2.75) is 19.0 Å². The largest absolute Gasteiger partial charge is 0.460 e. The zero-order chi connectivity index (χ0) is 9.28. The molecule has 0 aromatic rings. The maximum Gasteiger partial charge on any atom is 0.460 e. The Balaban J connectivity index is 4.74. The smallest absolute Gasteiger partial charge is 0.205 e. The highest BCUT2D eigenvalue weighted by Gasteiger charge is 2.60. The topological polar surface area (TPSA) is 0 Å². The van der Waals surface area contributed by atoms with Crippen molar-refractivity contribution in [3.05, 3.63) is 11.9 Å². The van der Waals surface area contributed by atoms with Gasteiger partial charge in [0.05, 0.1) is 0 Å². The lowest BCUT2D eigenvalue weighted by Crippen LogP contribution is -2.36. The summed E-state index contributed by atoms with van der Waals surface area (Å²) in [6.45, 7) is 0.759. The van der Waals surface area contributed by atoms with Crippen LogP contribution in [0.1, 0.15) is 6.92 Å². The van der Waals surface area contributed by atoms with Crippen LogP contribution in [0, 0.1) is 0 Å². The summed E-state index contributed by atoms with van der Waals surface area (Å²) in [5, 5.41) is 0. The van der Waals surface area contributed by atoms with Gasteiger partial charge in [-0.2, -0.15) is 22.0 Å². The van der Waals surface area contributed by atoms with E-state index in [9.17, 15) is 26.3 Å². The summed E-state index contributed by atoms with van der Waals surface area (Å²) >= 11 is 0. The average Bonchev–Trinajstić information content (AvgIpc) is 1.83. The Labute approximate surface area is 58.5 Å². The molecule has 0 aromatic heterocycles. The van der Waals surface area contributed by atoms with Gasteiger partial charge >= 0.3 is 12.1 Å². The SMILES string of the molecule is C/C=C(\F)C(F)(F)C(F)(F)F. The van der Waals surface area contributed by atoms with Crippen molar-refractivity contribution in [1.29, 1.82) is 0 Å². The third-order valence-electron chi connectivity index (χ3n) is 0.909. The van der Waals surface area contributed by atoms with E-state index in [1.807, 2.05) is 0 Å². The Bertz CT molecular complexity index is 164. The van der Waals surface area contributed by atoms with Gasteiger partial charge in [-0.15, -0.1) is 0 Å². The van der Waals surface area contributed by atoms with Crippen LogP contribution in [0.25, 0.3) is 0 Å². The Morgan fingerprint density at radius 3 is 1.55 bits per heavy atom. The second kappa shape index (κ2) is 2.75. The van der Waals surface area contributed by atoms with Crippen molar-refractivity contribution in [2.75, 3.05) is 0 Å². The summed E-state index contributed by atoms with van der Waals surface area (Å²) in [5.74, 6) is -7.84.